The van der Waals surface area contributed by atoms with Crippen LogP contribution in [0.25, 0.3) is 6.08 Å². The van der Waals surface area contributed by atoms with E-state index in [9.17, 15) is 10.2 Å². The Labute approximate surface area is 93.8 Å². The van der Waals surface area contributed by atoms with Crippen molar-refractivity contribution in [1.29, 1.82) is 0 Å². The zero-order valence-electron chi connectivity index (χ0n) is 8.67. The predicted molar refractivity (Wildman–Crippen MR) is 63.5 cm³/mol. The summed E-state index contributed by atoms with van der Waals surface area (Å²) in [7, 11) is 0. The molecule has 1 aromatic rings. The summed E-state index contributed by atoms with van der Waals surface area (Å²) in [5.74, 6) is 0.184. The van der Waals surface area contributed by atoms with E-state index in [0.29, 0.717) is 16.8 Å². The monoisotopic (exact) mass is 215 g/mol. The Hall–Kier alpha value is -2.00. The third kappa shape index (κ3) is 1.99. The van der Waals surface area contributed by atoms with Crippen LogP contribution in [-0.2, 0) is 0 Å². The Morgan fingerprint density at radius 1 is 1.25 bits per heavy atom. The Balaban J connectivity index is 2.36. The van der Waals surface area contributed by atoms with Gasteiger partial charge in [0.05, 0.1) is 0 Å². The van der Waals surface area contributed by atoms with Gasteiger partial charge in [-0.15, -0.1) is 0 Å². The first-order valence-electron chi connectivity index (χ1n) is 5.00. The molecular formula is C13H13NO2. The van der Waals surface area contributed by atoms with E-state index in [1.165, 1.54) is 0 Å². The molecule has 16 heavy (non-hydrogen) atoms. The van der Waals surface area contributed by atoms with Crippen LogP contribution < -0.4 is 5.73 Å². The van der Waals surface area contributed by atoms with Gasteiger partial charge in [0.1, 0.15) is 11.9 Å². The third-order valence-electron chi connectivity index (χ3n) is 2.47. The highest BCUT2D eigenvalue weighted by Crippen LogP contribution is 2.23. The van der Waals surface area contributed by atoms with Crippen molar-refractivity contribution in [1.82, 2.24) is 0 Å². The zero-order chi connectivity index (χ0) is 11.5. The van der Waals surface area contributed by atoms with E-state index in [0.717, 1.165) is 0 Å². The van der Waals surface area contributed by atoms with Crippen LogP contribution in [0.3, 0.4) is 0 Å². The Morgan fingerprint density at radius 3 is 2.75 bits per heavy atom. The van der Waals surface area contributed by atoms with Crippen molar-refractivity contribution >= 4 is 6.08 Å². The van der Waals surface area contributed by atoms with Crippen LogP contribution in [0.5, 0.6) is 5.75 Å². The molecule has 1 aliphatic rings. The molecule has 0 spiro atoms. The molecule has 0 radical (unpaired) electrons. The summed E-state index contributed by atoms with van der Waals surface area (Å²) < 4.78 is 0. The molecule has 1 atom stereocenters. The highest BCUT2D eigenvalue weighted by Gasteiger charge is 2.14. The van der Waals surface area contributed by atoms with Gasteiger partial charge in [0.15, 0.2) is 0 Å². The number of aromatic hydroxyl groups is 1. The molecule has 0 aliphatic heterocycles. The summed E-state index contributed by atoms with van der Waals surface area (Å²) in [6.45, 7) is 0. The average molecular weight is 215 g/mol. The fourth-order valence-corrected chi connectivity index (χ4v) is 1.56. The third-order valence-corrected chi connectivity index (χ3v) is 2.47. The van der Waals surface area contributed by atoms with Gasteiger partial charge in [-0.3, -0.25) is 0 Å². The number of allylic oxidation sites excluding steroid dienone is 2. The Morgan fingerprint density at radius 2 is 2.00 bits per heavy atom. The second-order valence-corrected chi connectivity index (χ2v) is 3.63. The lowest BCUT2D eigenvalue weighted by atomic mass is 9.99. The standard InChI is InChI=1S/C13H13NO2/c14-11-6-3-5-10(13(11)16)8-9-4-1-2-7-12(9)15/h1-8,13,15-16H,14H2/b10-8-. The molecule has 82 valence electrons. The molecule has 1 unspecified atom stereocenters. The maximum atomic E-state index is 9.80. The number of aliphatic hydroxyl groups is 1. The van der Waals surface area contributed by atoms with Crippen LogP contribution >= 0.6 is 0 Å². The topological polar surface area (TPSA) is 66.5 Å². The highest BCUT2D eigenvalue weighted by atomic mass is 16.3. The van der Waals surface area contributed by atoms with Gasteiger partial charge >= 0.3 is 0 Å². The molecule has 0 heterocycles. The lowest BCUT2D eigenvalue weighted by Gasteiger charge is -2.15. The van der Waals surface area contributed by atoms with Crippen molar-refractivity contribution in [2.24, 2.45) is 5.73 Å². The van der Waals surface area contributed by atoms with Crippen molar-refractivity contribution in [3.63, 3.8) is 0 Å². The number of benzene rings is 1. The van der Waals surface area contributed by atoms with Crippen LogP contribution in [0.1, 0.15) is 5.56 Å². The van der Waals surface area contributed by atoms with Gasteiger partial charge in [-0.2, -0.15) is 0 Å². The van der Waals surface area contributed by atoms with Crippen molar-refractivity contribution < 1.29 is 10.2 Å². The number of rotatable bonds is 1. The molecule has 1 aromatic carbocycles. The number of aliphatic hydroxyl groups excluding tert-OH is 1. The second kappa shape index (κ2) is 4.24. The molecule has 0 fully saturated rings. The molecular weight excluding hydrogens is 202 g/mol. The molecule has 1 aliphatic carbocycles. The Kier molecular flexibility index (Phi) is 2.79. The zero-order valence-corrected chi connectivity index (χ0v) is 8.67. The van der Waals surface area contributed by atoms with Crippen molar-refractivity contribution in [2.45, 2.75) is 6.10 Å². The minimum absolute atomic E-state index is 0.184. The van der Waals surface area contributed by atoms with Gasteiger partial charge in [-0.1, -0.05) is 30.4 Å². The second-order valence-electron chi connectivity index (χ2n) is 3.63. The quantitative estimate of drug-likeness (QED) is 0.665. The summed E-state index contributed by atoms with van der Waals surface area (Å²) in [5, 5.41) is 19.4. The smallest absolute Gasteiger partial charge is 0.122 e. The number of hydrogen-bond acceptors (Lipinski definition) is 3. The summed E-state index contributed by atoms with van der Waals surface area (Å²) in [4.78, 5) is 0. The minimum atomic E-state index is -0.801. The van der Waals surface area contributed by atoms with Crippen molar-refractivity contribution in [3.8, 4) is 5.75 Å². The number of hydrogen-bond donors (Lipinski definition) is 3. The fourth-order valence-electron chi connectivity index (χ4n) is 1.56. The first kappa shape index (κ1) is 10.5. The van der Waals surface area contributed by atoms with E-state index in [4.69, 9.17) is 5.73 Å². The summed E-state index contributed by atoms with van der Waals surface area (Å²) in [6.07, 6.45) is 6.12. The lowest BCUT2D eigenvalue weighted by molar-refractivity contribution is 0.249. The summed E-state index contributed by atoms with van der Waals surface area (Å²) >= 11 is 0. The molecule has 0 amide bonds. The maximum absolute atomic E-state index is 9.80. The van der Waals surface area contributed by atoms with Crippen molar-refractivity contribution in [2.75, 3.05) is 0 Å². The van der Waals surface area contributed by atoms with Gasteiger partial charge in [-0.25, -0.2) is 0 Å². The number of para-hydroxylation sites is 1. The largest absolute Gasteiger partial charge is 0.507 e. The maximum Gasteiger partial charge on any atom is 0.122 e. The molecule has 0 saturated carbocycles. The van der Waals surface area contributed by atoms with Crippen LogP contribution in [0.4, 0.5) is 0 Å². The van der Waals surface area contributed by atoms with Crippen LogP contribution in [0, 0.1) is 0 Å². The van der Waals surface area contributed by atoms with E-state index >= 15 is 0 Å². The van der Waals surface area contributed by atoms with Crippen LogP contribution in [0.2, 0.25) is 0 Å². The molecule has 0 aromatic heterocycles. The summed E-state index contributed by atoms with van der Waals surface area (Å²) in [5.41, 5.74) is 7.35. The van der Waals surface area contributed by atoms with E-state index in [2.05, 4.69) is 0 Å². The lowest BCUT2D eigenvalue weighted by Crippen LogP contribution is -2.20. The number of phenols is 1. The molecule has 2 rings (SSSR count). The summed E-state index contributed by atoms with van der Waals surface area (Å²) in [6, 6.07) is 6.95. The van der Waals surface area contributed by atoms with Crippen molar-refractivity contribution in [3.05, 3.63) is 59.3 Å². The van der Waals surface area contributed by atoms with Gasteiger partial charge in [0, 0.05) is 11.3 Å². The first-order chi connectivity index (χ1) is 7.68. The van der Waals surface area contributed by atoms with Crippen LogP contribution in [-0.4, -0.2) is 16.3 Å². The normalized spacial score (nSPS) is 22.2. The van der Waals surface area contributed by atoms with E-state index in [1.807, 2.05) is 6.07 Å². The van der Waals surface area contributed by atoms with Gasteiger partial charge in [0.25, 0.3) is 0 Å². The minimum Gasteiger partial charge on any atom is -0.507 e. The molecule has 3 nitrogen and oxygen atoms in total. The molecule has 4 N–H and O–H groups in total. The predicted octanol–water partition coefficient (Wildman–Crippen LogP) is 1.55. The average Bonchev–Trinajstić information content (AvgIpc) is 2.28. The molecule has 3 heteroatoms. The SMILES string of the molecule is NC1=CC=C/C(=C/c2ccccc2O)C1O. The molecule has 0 bridgehead atoms. The first-order valence-corrected chi connectivity index (χ1v) is 5.00. The Bertz CT molecular complexity index is 486. The fraction of sp³-hybridized carbons (Fsp3) is 0.0769. The van der Waals surface area contributed by atoms with E-state index < -0.39 is 6.10 Å². The van der Waals surface area contributed by atoms with E-state index in [1.54, 1.807) is 42.5 Å². The van der Waals surface area contributed by atoms with Crippen LogP contribution in [0.15, 0.2) is 53.8 Å². The number of nitrogens with two attached hydrogens (primary N) is 1. The van der Waals surface area contributed by atoms with Gasteiger partial charge in [0.2, 0.25) is 0 Å². The number of phenolic OH excluding ortho intramolecular Hbond substituents is 1. The van der Waals surface area contributed by atoms with Gasteiger partial charge < -0.3 is 15.9 Å². The molecule has 0 saturated heterocycles. The van der Waals surface area contributed by atoms with E-state index in [-0.39, 0.29) is 5.75 Å². The highest BCUT2D eigenvalue weighted by molar-refractivity contribution is 5.64. The van der Waals surface area contributed by atoms with Gasteiger partial charge in [-0.05, 0) is 23.8 Å².